The Morgan fingerprint density at radius 1 is 1.33 bits per heavy atom. The van der Waals surface area contributed by atoms with Gasteiger partial charge in [-0.2, -0.15) is 0 Å². The summed E-state index contributed by atoms with van der Waals surface area (Å²) in [6.07, 6.45) is 1.78. The van der Waals surface area contributed by atoms with Crippen LogP contribution in [0.5, 0.6) is 0 Å². The van der Waals surface area contributed by atoms with Gasteiger partial charge in [-0.15, -0.1) is 0 Å². The molecule has 3 rings (SSSR count). The molecule has 1 aliphatic heterocycles. The van der Waals surface area contributed by atoms with E-state index in [0.29, 0.717) is 17.7 Å². The summed E-state index contributed by atoms with van der Waals surface area (Å²) < 4.78 is 0. The number of likely N-dealkylation sites (tertiary alicyclic amines) is 1. The van der Waals surface area contributed by atoms with E-state index >= 15 is 0 Å². The smallest absolute Gasteiger partial charge is 0.322 e. The molecule has 2 atom stereocenters. The van der Waals surface area contributed by atoms with Crippen molar-refractivity contribution in [3.05, 3.63) is 29.3 Å². The fourth-order valence-corrected chi connectivity index (χ4v) is 2.90. The lowest BCUT2D eigenvalue weighted by molar-refractivity contribution is 0.0951. The standard InChI is InChI=1S/C17H23N3O4/c1-10-2-3-11(16(23)18-12-4-5-12)6-15(10)19-17(24)20-8-14(22)7-13(20)9-21/h2-3,6,12-14,21-22H,4-5,7-9H2,1H3,(H,18,23)(H,19,24)/t13-,14+/m0/s1. The van der Waals surface area contributed by atoms with Crippen LogP contribution in [-0.4, -0.2) is 58.4 Å². The minimum atomic E-state index is -0.621. The van der Waals surface area contributed by atoms with Gasteiger partial charge in [-0.05, 0) is 43.9 Å². The van der Waals surface area contributed by atoms with Gasteiger partial charge in [-0.1, -0.05) is 6.07 Å². The number of hydrogen-bond donors (Lipinski definition) is 4. The molecule has 0 radical (unpaired) electrons. The van der Waals surface area contributed by atoms with Crippen molar-refractivity contribution in [3.63, 3.8) is 0 Å². The Morgan fingerprint density at radius 3 is 2.75 bits per heavy atom. The minimum Gasteiger partial charge on any atom is -0.394 e. The normalized spacial score (nSPS) is 23.2. The van der Waals surface area contributed by atoms with Crippen LogP contribution < -0.4 is 10.6 Å². The molecule has 1 heterocycles. The minimum absolute atomic E-state index is 0.141. The number of amides is 3. The van der Waals surface area contributed by atoms with E-state index in [-0.39, 0.29) is 37.2 Å². The highest BCUT2D eigenvalue weighted by Crippen LogP contribution is 2.23. The zero-order valence-corrected chi connectivity index (χ0v) is 13.7. The number of carbonyl (C=O) groups excluding carboxylic acids is 2. The topological polar surface area (TPSA) is 102 Å². The zero-order chi connectivity index (χ0) is 17.3. The number of nitrogens with zero attached hydrogens (tertiary/aromatic N) is 1. The second-order valence-corrected chi connectivity index (χ2v) is 6.59. The van der Waals surface area contributed by atoms with Crippen LogP contribution in [-0.2, 0) is 0 Å². The SMILES string of the molecule is Cc1ccc(C(=O)NC2CC2)cc1NC(=O)N1C[C@H](O)C[C@H]1CO. The number of β-amino-alcohol motifs (C(OH)–C–C–N with tert-alkyl or cyclic N) is 1. The van der Waals surface area contributed by atoms with Crippen molar-refractivity contribution < 1.29 is 19.8 Å². The molecule has 0 spiro atoms. The number of aliphatic hydroxyl groups is 2. The maximum Gasteiger partial charge on any atom is 0.322 e. The second kappa shape index (κ2) is 6.78. The zero-order valence-electron chi connectivity index (χ0n) is 13.7. The number of hydrogen-bond acceptors (Lipinski definition) is 4. The van der Waals surface area contributed by atoms with Crippen LogP contribution in [0.15, 0.2) is 18.2 Å². The highest BCUT2D eigenvalue weighted by Gasteiger charge is 2.34. The van der Waals surface area contributed by atoms with Gasteiger partial charge in [0.25, 0.3) is 5.91 Å². The van der Waals surface area contributed by atoms with Gasteiger partial charge in [-0.3, -0.25) is 4.79 Å². The molecule has 24 heavy (non-hydrogen) atoms. The van der Waals surface area contributed by atoms with Crippen LogP contribution in [0.4, 0.5) is 10.5 Å². The fourth-order valence-electron chi connectivity index (χ4n) is 2.90. The molecule has 2 aliphatic rings. The predicted molar refractivity (Wildman–Crippen MR) is 88.9 cm³/mol. The first-order valence-electron chi connectivity index (χ1n) is 8.26. The first-order chi connectivity index (χ1) is 11.5. The van der Waals surface area contributed by atoms with Crippen molar-refractivity contribution in [1.29, 1.82) is 0 Å². The molecule has 1 saturated heterocycles. The molecule has 4 N–H and O–H groups in total. The van der Waals surface area contributed by atoms with Gasteiger partial charge in [0.15, 0.2) is 0 Å². The number of benzene rings is 1. The van der Waals surface area contributed by atoms with Gasteiger partial charge in [0.2, 0.25) is 0 Å². The van der Waals surface area contributed by atoms with E-state index in [0.717, 1.165) is 18.4 Å². The number of aryl methyl sites for hydroxylation is 1. The van der Waals surface area contributed by atoms with Gasteiger partial charge in [0, 0.05) is 23.8 Å². The summed E-state index contributed by atoms with van der Waals surface area (Å²) in [5.74, 6) is -0.141. The van der Waals surface area contributed by atoms with Crippen molar-refractivity contribution in [3.8, 4) is 0 Å². The van der Waals surface area contributed by atoms with E-state index < -0.39 is 6.10 Å². The lowest BCUT2D eigenvalue weighted by Crippen LogP contribution is -2.41. The summed E-state index contributed by atoms with van der Waals surface area (Å²) >= 11 is 0. The number of rotatable bonds is 4. The number of urea groups is 1. The monoisotopic (exact) mass is 333 g/mol. The molecule has 1 saturated carbocycles. The molecule has 7 nitrogen and oxygen atoms in total. The number of anilines is 1. The molecule has 1 aliphatic carbocycles. The van der Waals surface area contributed by atoms with Gasteiger partial charge in [0.1, 0.15) is 0 Å². The molecule has 130 valence electrons. The summed E-state index contributed by atoms with van der Waals surface area (Å²) in [5.41, 5.74) is 1.90. The van der Waals surface area contributed by atoms with Crippen LogP contribution in [0.1, 0.15) is 35.2 Å². The van der Waals surface area contributed by atoms with Crippen LogP contribution in [0.25, 0.3) is 0 Å². The summed E-state index contributed by atoms with van der Waals surface area (Å²) in [6, 6.07) is 4.69. The van der Waals surface area contributed by atoms with Crippen molar-refractivity contribution in [2.24, 2.45) is 0 Å². The molecule has 0 bridgehead atoms. The highest BCUT2D eigenvalue weighted by atomic mass is 16.3. The average molecular weight is 333 g/mol. The summed E-state index contributed by atoms with van der Waals surface area (Å²) in [5, 5.41) is 24.7. The average Bonchev–Trinajstić information content (AvgIpc) is 3.28. The highest BCUT2D eigenvalue weighted by molar-refractivity contribution is 5.97. The van der Waals surface area contributed by atoms with Gasteiger partial charge < -0.3 is 25.7 Å². The summed E-state index contributed by atoms with van der Waals surface area (Å²) in [7, 11) is 0. The summed E-state index contributed by atoms with van der Waals surface area (Å²) in [4.78, 5) is 26.0. The Hall–Kier alpha value is -2.12. The molecule has 7 heteroatoms. The summed E-state index contributed by atoms with van der Waals surface area (Å²) in [6.45, 7) is 1.85. The molecule has 2 fully saturated rings. The quantitative estimate of drug-likeness (QED) is 0.656. The molecule has 0 unspecified atom stereocenters. The maximum atomic E-state index is 12.4. The van der Waals surface area contributed by atoms with E-state index in [1.807, 2.05) is 6.92 Å². The number of nitrogens with one attached hydrogen (secondary N) is 2. The third-order valence-corrected chi connectivity index (χ3v) is 4.52. The van der Waals surface area contributed by atoms with Crippen LogP contribution in [0.3, 0.4) is 0 Å². The van der Waals surface area contributed by atoms with Crippen LogP contribution in [0, 0.1) is 6.92 Å². The Kier molecular flexibility index (Phi) is 4.73. The number of aliphatic hydroxyl groups excluding tert-OH is 2. The largest absolute Gasteiger partial charge is 0.394 e. The Labute approximate surface area is 140 Å². The Bertz CT molecular complexity index is 645. The van der Waals surface area contributed by atoms with Gasteiger partial charge in [0.05, 0.1) is 18.8 Å². The maximum absolute atomic E-state index is 12.4. The first kappa shape index (κ1) is 16.7. The predicted octanol–water partition coefficient (Wildman–Crippen LogP) is 0.847. The molecule has 0 aromatic heterocycles. The molecular formula is C17H23N3O4. The lowest BCUT2D eigenvalue weighted by Gasteiger charge is -2.23. The lowest BCUT2D eigenvalue weighted by atomic mass is 10.1. The van der Waals surface area contributed by atoms with E-state index in [1.165, 1.54) is 4.90 Å². The number of carbonyl (C=O) groups is 2. The molecule has 1 aromatic carbocycles. The van der Waals surface area contributed by atoms with Crippen molar-refractivity contribution in [2.45, 2.75) is 44.4 Å². The van der Waals surface area contributed by atoms with E-state index in [1.54, 1.807) is 18.2 Å². The third kappa shape index (κ3) is 3.68. The van der Waals surface area contributed by atoms with Gasteiger partial charge in [-0.25, -0.2) is 4.79 Å². The molecule has 3 amide bonds. The van der Waals surface area contributed by atoms with E-state index in [2.05, 4.69) is 10.6 Å². The fraction of sp³-hybridized carbons (Fsp3) is 0.529. The Morgan fingerprint density at radius 2 is 2.08 bits per heavy atom. The van der Waals surface area contributed by atoms with Crippen LogP contribution >= 0.6 is 0 Å². The third-order valence-electron chi connectivity index (χ3n) is 4.52. The van der Waals surface area contributed by atoms with Crippen molar-refractivity contribution in [2.75, 3.05) is 18.5 Å². The Balaban J connectivity index is 1.71. The van der Waals surface area contributed by atoms with E-state index in [4.69, 9.17) is 0 Å². The molecule has 1 aromatic rings. The molecular weight excluding hydrogens is 310 g/mol. The van der Waals surface area contributed by atoms with Crippen LogP contribution in [0.2, 0.25) is 0 Å². The van der Waals surface area contributed by atoms with E-state index in [9.17, 15) is 19.8 Å². The second-order valence-electron chi connectivity index (χ2n) is 6.59. The van der Waals surface area contributed by atoms with Crippen molar-refractivity contribution >= 4 is 17.6 Å². The van der Waals surface area contributed by atoms with Gasteiger partial charge >= 0.3 is 6.03 Å². The van der Waals surface area contributed by atoms with Crippen molar-refractivity contribution in [1.82, 2.24) is 10.2 Å². The first-order valence-corrected chi connectivity index (χ1v) is 8.26.